The summed E-state index contributed by atoms with van der Waals surface area (Å²) in [5.41, 5.74) is 6.13. The first-order valence-electron chi connectivity index (χ1n) is 7.44. The molecule has 1 fully saturated rings. The van der Waals surface area contributed by atoms with Crippen molar-refractivity contribution in [2.24, 2.45) is 23.0 Å². The van der Waals surface area contributed by atoms with Crippen molar-refractivity contribution in [2.45, 2.75) is 59.5 Å². The lowest BCUT2D eigenvalue weighted by Gasteiger charge is -2.46. The highest BCUT2D eigenvalue weighted by Gasteiger charge is 2.45. The fourth-order valence-electron chi connectivity index (χ4n) is 3.00. The van der Waals surface area contributed by atoms with E-state index in [0.717, 1.165) is 24.3 Å². The summed E-state index contributed by atoms with van der Waals surface area (Å²) in [6.07, 6.45) is 1.87. The topological polar surface area (TPSA) is 55.1 Å². The molecule has 0 aromatic rings. The quantitative estimate of drug-likeness (QED) is 0.817. The average molecular weight is 286 g/mol. The molecule has 1 amide bonds. The van der Waals surface area contributed by atoms with Gasteiger partial charge in [0, 0.05) is 23.8 Å². The highest BCUT2D eigenvalue weighted by Crippen LogP contribution is 2.44. The maximum atomic E-state index is 12.5. The lowest BCUT2D eigenvalue weighted by Crippen LogP contribution is -2.52. The van der Waals surface area contributed by atoms with Crippen LogP contribution >= 0.6 is 11.8 Å². The van der Waals surface area contributed by atoms with Crippen molar-refractivity contribution in [2.75, 3.05) is 11.5 Å². The molecule has 1 rings (SSSR count). The van der Waals surface area contributed by atoms with Crippen molar-refractivity contribution in [1.82, 2.24) is 5.32 Å². The third-order valence-electron chi connectivity index (χ3n) is 4.78. The normalized spacial score (nSPS) is 31.8. The highest BCUT2D eigenvalue weighted by atomic mass is 32.2. The molecule has 19 heavy (non-hydrogen) atoms. The molecule has 0 aromatic heterocycles. The molecule has 0 radical (unpaired) electrons. The van der Waals surface area contributed by atoms with Crippen LogP contribution in [0.3, 0.4) is 0 Å². The predicted octanol–water partition coefficient (Wildman–Crippen LogP) is 2.64. The largest absolute Gasteiger partial charge is 0.353 e. The number of nitrogens with one attached hydrogen (secondary N) is 1. The van der Waals surface area contributed by atoms with Gasteiger partial charge in [0.05, 0.1) is 0 Å². The summed E-state index contributed by atoms with van der Waals surface area (Å²) in [6, 6.07) is 0.478. The molecule has 1 saturated carbocycles. The van der Waals surface area contributed by atoms with Gasteiger partial charge in [0.25, 0.3) is 0 Å². The van der Waals surface area contributed by atoms with Crippen molar-refractivity contribution >= 4 is 17.7 Å². The van der Waals surface area contributed by atoms with Crippen LogP contribution in [0.15, 0.2) is 0 Å². The SMILES string of the molecule is CCSCC(C)NC(=O)C1CCC(N)C(C)C1(C)C. The summed E-state index contributed by atoms with van der Waals surface area (Å²) in [6.45, 7) is 10.8. The highest BCUT2D eigenvalue weighted by molar-refractivity contribution is 7.99. The Morgan fingerprint density at radius 3 is 2.68 bits per heavy atom. The van der Waals surface area contributed by atoms with Gasteiger partial charge in [-0.25, -0.2) is 0 Å². The van der Waals surface area contributed by atoms with E-state index in [1.165, 1.54) is 0 Å². The van der Waals surface area contributed by atoms with Gasteiger partial charge in [-0.2, -0.15) is 11.8 Å². The van der Waals surface area contributed by atoms with E-state index in [1.54, 1.807) is 0 Å². The van der Waals surface area contributed by atoms with Crippen LogP contribution in [0.4, 0.5) is 0 Å². The van der Waals surface area contributed by atoms with E-state index in [-0.39, 0.29) is 29.3 Å². The molecule has 1 aliphatic rings. The Morgan fingerprint density at radius 2 is 2.11 bits per heavy atom. The third kappa shape index (κ3) is 4.12. The second-order valence-electron chi connectivity index (χ2n) is 6.47. The zero-order chi connectivity index (χ0) is 14.6. The van der Waals surface area contributed by atoms with Crippen molar-refractivity contribution < 1.29 is 4.79 Å². The van der Waals surface area contributed by atoms with Gasteiger partial charge in [-0.3, -0.25) is 4.79 Å². The zero-order valence-corrected chi connectivity index (χ0v) is 13.8. The van der Waals surface area contributed by atoms with Gasteiger partial charge in [0.1, 0.15) is 0 Å². The fraction of sp³-hybridized carbons (Fsp3) is 0.933. The minimum absolute atomic E-state index is 0.0145. The average Bonchev–Trinajstić information content (AvgIpc) is 2.33. The zero-order valence-electron chi connectivity index (χ0n) is 13.0. The van der Waals surface area contributed by atoms with Crippen LogP contribution in [-0.4, -0.2) is 29.5 Å². The van der Waals surface area contributed by atoms with Crippen molar-refractivity contribution in [3.63, 3.8) is 0 Å². The molecule has 4 heteroatoms. The van der Waals surface area contributed by atoms with E-state index >= 15 is 0 Å². The van der Waals surface area contributed by atoms with Crippen LogP contribution in [0.2, 0.25) is 0 Å². The molecule has 0 aromatic carbocycles. The summed E-state index contributed by atoms with van der Waals surface area (Å²) in [5.74, 6) is 2.78. The lowest BCUT2D eigenvalue weighted by atomic mass is 9.61. The molecule has 0 saturated heterocycles. The Labute approximate surface area is 122 Å². The van der Waals surface area contributed by atoms with Crippen LogP contribution in [0.1, 0.15) is 47.5 Å². The third-order valence-corrected chi connectivity index (χ3v) is 5.92. The number of carbonyl (C=O) groups is 1. The van der Waals surface area contributed by atoms with E-state index < -0.39 is 0 Å². The molecular formula is C15H30N2OS. The number of nitrogens with two attached hydrogens (primary N) is 1. The van der Waals surface area contributed by atoms with E-state index in [2.05, 4.69) is 39.9 Å². The second-order valence-corrected chi connectivity index (χ2v) is 7.79. The minimum Gasteiger partial charge on any atom is -0.353 e. The molecule has 0 spiro atoms. The smallest absolute Gasteiger partial charge is 0.223 e. The lowest BCUT2D eigenvalue weighted by molar-refractivity contribution is -0.132. The Kier molecular flexibility index (Phi) is 6.18. The molecule has 4 atom stereocenters. The maximum Gasteiger partial charge on any atom is 0.223 e. The van der Waals surface area contributed by atoms with Crippen molar-refractivity contribution in [3.8, 4) is 0 Å². The molecule has 3 nitrogen and oxygen atoms in total. The second kappa shape index (κ2) is 6.98. The summed E-state index contributed by atoms with van der Waals surface area (Å²) in [7, 11) is 0. The van der Waals surface area contributed by atoms with E-state index in [9.17, 15) is 4.79 Å². The van der Waals surface area contributed by atoms with Gasteiger partial charge in [-0.1, -0.05) is 27.7 Å². The maximum absolute atomic E-state index is 12.5. The van der Waals surface area contributed by atoms with Crippen molar-refractivity contribution in [1.29, 1.82) is 0 Å². The van der Waals surface area contributed by atoms with Gasteiger partial charge in [0.15, 0.2) is 0 Å². The summed E-state index contributed by atoms with van der Waals surface area (Å²) >= 11 is 1.87. The Hall–Kier alpha value is -0.220. The number of thioether (sulfide) groups is 1. The van der Waals surface area contributed by atoms with E-state index in [1.807, 2.05) is 11.8 Å². The Bertz CT molecular complexity index is 307. The Balaban J connectivity index is 2.61. The molecule has 112 valence electrons. The summed E-state index contributed by atoms with van der Waals surface area (Å²) in [5, 5.41) is 3.17. The fourth-order valence-corrected chi connectivity index (χ4v) is 3.67. The van der Waals surface area contributed by atoms with Crippen LogP contribution in [0.5, 0.6) is 0 Å². The number of rotatable bonds is 5. The first-order chi connectivity index (χ1) is 8.80. The number of hydrogen-bond donors (Lipinski definition) is 2. The standard InChI is InChI=1S/C15H30N2OS/c1-6-19-9-10(2)17-14(18)12-7-8-13(16)11(3)15(12,4)5/h10-13H,6-9,16H2,1-5H3,(H,17,18). The summed E-state index contributed by atoms with van der Waals surface area (Å²) in [4.78, 5) is 12.5. The molecule has 0 heterocycles. The predicted molar refractivity (Wildman–Crippen MR) is 84.2 cm³/mol. The first kappa shape index (κ1) is 16.8. The van der Waals surface area contributed by atoms with Gasteiger partial charge < -0.3 is 11.1 Å². The van der Waals surface area contributed by atoms with Crippen LogP contribution < -0.4 is 11.1 Å². The number of carbonyl (C=O) groups excluding carboxylic acids is 1. The monoisotopic (exact) mass is 286 g/mol. The van der Waals surface area contributed by atoms with Crippen LogP contribution in [0.25, 0.3) is 0 Å². The first-order valence-corrected chi connectivity index (χ1v) is 8.59. The van der Waals surface area contributed by atoms with Crippen LogP contribution in [0, 0.1) is 17.3 Å². The van der Waals surface area contributed by atoms with Crippen LogP contribution in [-0.2, 0) is 4.79 Å². The molecule has 1 aliphatic carbocycles. The van der Waals surface area contributed by atoms with Gasteiger partial charge in [-0.05, 0) is 36.9 Å². The summed E-state index contributed by atoms with van der Waals surface area (Å²) < 4.78 is 0. The Morgan fingerprint density at radius 1 is 1.47 bits per heavy atom. The molecule has 0 bridgehead atoms. The van der Waals surface area contributed by atoms with Gasteiger partial charge >= 0.3 is 0 Å². The van der Waals surface area contributed by atoms with Gasteiger partial charge in [-0.15, -0.1) is 0 Å². The van der Waals surface area contributed by atoms with Gasteiger partial charge in [0.2, 0.25) is 5.91 Å². The molecule has 0 aliphatic heterocycles. The van der Waals surface area contributed by atoms with Crippen molar-refractivity contribution in [3.05, 3.63) is 0 Å². The molecule has 4 unspecified atom stereocenters. The number of hydrogen-bond acceptors (Lipinski definition) is 3. The molecule has 3 N–H and O–H groups in total. The van der Waals surface area contributed by atoms with E-state index in [0.29, 0.717) is 5.92 Å². The molecular weight excluding hydrogens is 256 g/mol. The number of amides is 1. The minimum atomic E-state index is -0.0145. The van der Waals surface area contributed by atoms with E-state index in [4.69, 9.17) is 5.73 Å².